The van der Waals surface area contributed by atoms with Crippen LogP contribution in [0.5, 0.6) is 5.75 Å². The average molecular weight is 249 g/mol. The van der Waals surface area contributed by atoms with Gasteiger partial charge in [0.1, 0.15) is 11.5 Å². The van der Waals surface area contributed by atoms with Crippen molar-refractivity contribution >= 4 is 5.78 Å². The van der Waals surface area contributed by atoms with Gasteiger partial charge in [-0.05, 0) is 18.9 Å². The third-order valence-electron chi connectivity index (χ3n) is 3.14. The lowest BCUT2D eigenvalue weighted by molar-refractivity contribution is -0.119. The number of nitrogens with two attached hydrogens (primary N) is 1. The molecule has 0 spiro atoms. The number of Topliss-reactive ketones (excluding diaryl/α,β-unsaturated/α-hetero) is 1. The van der Waals surface area contributed by atoms with Crippen molar-refractivity contribution in [1.82, 2.24) is 0 Å². The molecule has 1 aromatic rings. The Labute approximate surface area is 109 Å². The van der Waals surface area contributed by atoms with E-state index in [0.717, 1.165) is 16.9 Å². The van der Waals surface area contributed by atoms with Gasteiger partial charge in [0.2, 0.25) is 0 Å². The van der Waals surface area contributed by atoms with Crippen molar-refractivity contribution < 1.29 is 9.53 Å². The van der Waals surface area contributed by atoms with E-state index in [0.29, 0.717) is 18.8 Å². The Hall–Kier alpha value is -1.35. The molecule has 1 unspecified atom stereocenters. The maximum absolute atomic E-state index is 12.0. The summed E-state index contributed by atoms with van der Waals surface area (Å²) in [5.74, 6) is 1.26. The molecule has 2 N–H and O–H groups in total. The summed E-state index contributed by atoms with van der Waals surface area (Å²) in [5.41, 5.74) is 7.99. The molecule has 0 heterocycles. The molecule has 3 nitrogen and oxygen atoms in total. The van der Waals surface area contributed by atoms with Crippen LogP contribution in [0.4, 0.5) is 0 Å². The third kappa shape index (κ3) is 4.15. The van der Waals surface area contributed by atoms with E-state index in [-0.39, 0.29) is 11.8 Å². The molecule has 1 atom stereocenters. The van der Waals surface area contributed by atoms with Crippen molar-refractivity contribution in [3.05, 3.63) is 29.3 Å². The molecule has 0 amide bonds. The molecule has 1 aromatic carbocycles. The van der Waals surface area contributed by atoms with Crippen LogP contribution in [0, 0.1) is 12.8 Å². The standard InChI is InChI=1S/C15H23NO2/c1-10(2)14(16)9-13(17)8-12-7-11(3)5-6-15(12)18-4/h5-7,10,14H,8-9,16H2,1-4H3. The van der Waals surface area contributed by atoms with Crippen LogP contribution < -0.4 is 10.5 Å². The van der Waals surface area contributed by atoms with Gasteiger partial charge in [-0.15, -0.1) is 0 Å². The van der Waals surface area contributed by atoms with Crippen LogP contribution in [0.15, 0.2) is 18.2 Å². The molecule has 0 aliphatic carbocycles. The predicted molar refractivity (Wildman–Crippen MR) is 73.9 cm³/mol. The number of ether oxygens (including phenoxy) is 1. The fourth-order valence-corrected chi connectivity index (χ4v) is 1.83. The molecule has 0 bridgehead atoms. The number of benzene rings is 1. The number of carbonyl (C=O) groups is 1. The molecule has 0 aliphatic heterocycles. The van der Waals surface area contributed by atoms with Gasteiger partial charge in [-0.1, -0.05) is 31.5 Å². The van der Waals surface area contributed by atoms with E-state index in [1.807, 2.05) is 39.0 Å². The summed E-state index contributed by atoms with van der Waals surface area (Å²) in [7, 11) is 1.62. The van der Waals surface area contributed by atoms with Crippen LogP contribution in [-0.4, -0.2) is 18.9 Å². The Morgan fingerprint density at radius 1 is 1.39 bits per heavy atom. The topological polar surface area (TPSA) is 52.3 Å². The minimum Gasteiger partial charge on any atom is -0.496 e. The number of hydrogen-bond donors (Lipinski definition) is 1. The molecule has 0 saturated heterocycles. The van der Waals surface area contributed by atoms with Gasteiger partial charge < -0.3 is 10.5 Å². The highest BCUT2D eigenvalue weighted by atomic mass is 16.5. The van der Waals surface area contributed by atoms with Crippen molar-refractivity contribution in [3.63, 3.8) is 0 Å². The fourth-order valence-electron chi connectivity index (χ4n) is 1.83. The van der Waals surface area contributed by atoms with Gasteiger partial charge in [-0.25, -0.2) is 0 Å². The van der Waals surface area contributed by atoms with E-state index < -0.39 is 0 Å². The van der Waals surface area contributed by atoms with Crippen LogP contribution in [0.2, 0.25) is 0 Å². The first-order valence-electron chi connectivity index (χ1n) is 6.34. The maximum atomic E-state index is 12.0. The van der Waals surface area contributed by atoms with Gasteiger partial charge >= 0.3 is 0 Å². The lowest BCUT2D eigenvalue weighted by Crippen LogP contribution is -2.29. The molecule has 100 valence electrons. The zero-order valence-corrected chi connectivity index (χ0v) is 11.7. The van der Waals surface area contributed by atoms with E-state index in [1.165, 1.54) is 0 Å². The van der Waals surface area contributed by atoms with Crippen molar-refractivity contribution in [2.75, 3.05) is 7.11 Å². The van der Waals surface area contributed by atoms with Gasteiger partial charge in [0.05, 0.1) is 7.11 Å². The molecule has 18 heavy (non-hydrogen) atoms. The van der Waals surface area contributed by atoms with Gasteiger partial charge in [-0.2, -0.15) is 0 Å². The largest absolute Gasteiger partial charge is 0.496 e. The molecule has 0 radical (unpaired) electrons. The summed E-state index contributed by atoms with van der Waals surface area (Å²) in [6.07, 6.45) is 0.819. The zero-order chi connectivity index (χ0) is 13.7. The minimum absolute atomic E-state index is 0.0618. The summed E-state index contributed by atoms with van der Waals surface area (Å²) < 4.78 is 5.27. The number of ketones is 1. The first-order valence-corrected chi connectivity index (χ1v) is 6.34. The van der Waals surface area contributed by atoms with E-state index in [9.17, 15) is 4.79 Å². The Bertz CT molecular complexity index is 413. The van der Waals surface area contributed by atoms with Gasteiger partial charge in [-0.3, -0.25) is 4.79 Å². The summed E-state index contributed by atoms with van der Waals surface area (Å²) in [5, 5.41) is 0. The summed E-state index contributed by atoms with van der Waals surface area (Å²) in [4.78, 5) is 12.0. The minimum atomic E-state index is -0.0618. The first-order chi connectivity index (χ1) is 8.43. The number of methoxy groups -OCH3 is 1. The number of hydrogen-bond acceptors (Lipinski definition) is 3. The van der Waals surface area contributed by atoms with Crippen LogP contribution in [0.3, 0.4) is 0 Å². The molecular weight excluding hydrogens is 226 g/mol. The van der Waals surface area contributed by atoms with Gasteiger partial charge in [0, 0.05) is 24.4 Å². The Kier molecular flexibility index (Phi) is 5.35. The molecule has 0 aliphatic rings. The normalized spacial score (nSPS) is 12.6. The fraction of sp³-hybridized carbons (Fsp3) is 0.533. The van der Waals surface area contributed by atoms with Crippen LogP contribution in [-0.2, 0) is 11.2 Å². The highest BCUT2D eigenvalue weighted by Crippen LogP contribution is 2.21. The zero-order valence-electron chi connectivity index (χ0n) is 11.7. The molecule has 0 saturated carbocycles. The molecule has 0 fully saturated rings. The lowest BCUT2D eigenvalue weighted by Gasteiger charge is -2.15. The Balaban J connectivity index is 2.72. The third-order valence-corrected chi connectivity index (χ3v) is 3.14. The van der Waals surface area contributed by atoms with Gasteiger partial charge in [0.15, 0.2) is 0 Å². The summed E-state index contributed by atoms with van der Waals surface area (Å²) in [6.45, 7) is 6.07. The van der Waals surface area contributed by atoms with E-state index in [1.54, 1.807) is 7.11 Å². The molecule has 3 heteroatoms. The summed E-state index contributed by atoms with van der Waals surface area (Å²) >= 11 is 0. The lowest BCUT2D eigenvalue weighted by atomic mass is 9.96. The maximum Gasteiger partial charge on any atom is 0.138 e. The first kappa shape index (κ1) is 14.7. The second kappa shape index (κ2) is 6.55. The highest BCUT2D eigenvalue weighted by Gasteiger charge is 2.15. The second-order valence-corrected chi connectivity index (χ2v) is 5.14. The van der Waals surface area contributed by atoms with Crippen LogP contribution >= 0.6 is 0 Å². The van der Waals surface area contributed by atoms with Crippen LogP contribution in [0.1, 0.15) is 31.4 Å². The van der Waals surface area contributed by atoms with Crippen LogP contribution in [0.25, 0.3) is 0 Å². The van der Waals surface area contributed by atoms with Gasteiger partial charge in [0.25, 0.3) is 0 Å². The molecule has 1 rings (SSSR count). The Morgan fingerprint density at radius 2 is 2.06 bits per heavy atom. The molecular formula is C15H23NO2. The van der Waals surface area contributed by atoms with E-state index >= 15 is 0 Å². The Morgan fingerprint density at radius 3 is 2.61 bits per heavy atom. The number of carbonyl (C=O) groups excluding carboxylic acids is 1. The highest BCUT2D eigenvalue weighted by molar-refractivity contribution is 5.82. The van der Waals surface area contributed by atoms with Crippen molar-refractivity contribution in [1.29, 1.82) is 0 Å². The van der Waals surface area contributed by atoms with Crippen molar-refractivity contribution in [2.24, 2.45) is 11.7 Å². The monoisotopic (exact) mass is 249 g/mol. The second-order valence-electron chi connectivity index (χ2n) is 5.14. The average Bonchev–Trinajstić information content (AvgIpc) is 2.28. The van der Waals surface area contributed by atoms with Crippen molar-refractivity contribution in [3.8, 4) is 5.75 Å². The molecule has 0 aromatic heterocycles. The van der Waals surface area contributed by atoms with E-state index in [4.69, 9.17) is 10.5 Å². The smallest absolute Gasteiger partial charge is 0.138 e. The predicted octanol–water partition coefficient (Wildman–Crippen LogP) is 2.49. The van der Waals surface area contributed by atoms with E-state index in [2.05, 4.69) is 0 Å². The summed E-state index contributed by atoms with van der Waals surface area (Å²) in [6, 6.07) is 5.82. The SMILES string of the molecule is COc1ccc(C)cc1CC(=O)CC(N)C(C)C. The number of rotatable bonds is 6. The quantitative estimate of drug-likeness (QED) is 0.842. The van der Waals surface area contributed by atoms with Crippen molar-refractivity contribution in [2.45, 2.75) is 39.7 Å². The number of aryl methyl sites for hydroxylation is 1.